The highest BCUT2D eigenvalue weighted by Gasteiger charge is 2.15. The highest BCUT2D eigenvalue weighted by atomic mass is 16.3. The van der Waals surface area contributed by atoms with Crippen molar-refractivity contribution in [3.05, 3.63) is 66.0 Å². The molecule has 2 aromatic heterocycles. The fourth-order valence-corrected chi connectivity index (χ4v) is 2.71. The average molecular weight is 306 g/mol. The van der Waals surface area contributed by atoms with Crippen molar-refractivity contribution >= 4 is 11.5 Å². The smallest absolute Gasteiger partial charge is 0.168 e. The number of anilines is 1. The Hall–Kier alpha value is -2.84. The van der Waals surface area contributed by atoms with E-state index >= 15 is 0 Å². The van der Waals surface area contributed by atoms with Crippen LogP contribution < -0.4 is 5.32 Å². The van der Waals surface area contributed by atoms with Gasteiger partial charge in [0.05, 0.1) is 0 Å². The molecule has 5 nitrogen and oxygen atoms in total. The lowest BCUT2D eigenvalue weighted by molar-refractivity contribution is 0.277. The van der Waals surface area contributed by atoms with Crippen LogP contribution in [0.5, 0.6) is 0 Å². The molecule has 0 aliphatic heterocycles. The van der Waals surface area contributed by atoms with Crippen LogP contribution in [0.4, 0.5) is 5.82 Å². The number of hydrogen-bond acceptors (Lipinski definition) is 4. The summed E-state index contributed by atoms with van der Waals surface area (Å²) < 4.78 is 1.77. The van der Waals surface area contributed by atoms with E-state index in [1.165, 1.54) is 0 Å². The molecule has 0 bridgehead atoms. The summed E-state index contributed by atoms with van der Waals surface area (Å²) in [6, 6.07) is 17.9. The number of benzene rings is 1. The van der Waals surface area contributed by atoms with Gasteiger partial charge in [0.15, 0.2) is 11.5 Å². The van der Waals surface area contributed by atoms with Gasteiger partial charge in [-0.2, -0.15) is 5.26 Å². The Balaban J connectivity index is 1.83. The van der Waals surface area contributed by atoms with Gasteiger partial charge in [-0.15, -0.1) is 0 Å². The van der Waals surface area contributed by atoms with Crippen LogP contribution in [0.1, 0.15) is 23.6 Å². The summed E-state index contributed by atoms with van der Waals surface area (Å²) in [5, 5.41) is 22.0. The van der Waals surface area contributed by atoms with E-state index in [1.54, 1.807) is 4.40 Å². The number of nitriles is 1. The predicted octanol–water partition coefficient (Wildman–Crippen LogP) is 2.78. The zero-order chi connectivity index (χ0) is 16.1. The van der Waals surface area contributed by atoms with E-state index in [2.05, 4.69) is 28.5 Å². The summed E-state index contributed by atoms with van der Waals surface area (Å²) in [6.07, 6.45) is 2.49. The van der Waals surface area contributed by atoms with Crippen molar-refractivity contribution in [3.8, 4) is 6.07 Å². The third-order valence-corrected chi connectivity index (χ3v) is 3.90. The van der Waals surface area contributed by atoms with Crippen LogP contribution >= 0.6 is 0 Å². The van der Waals surface area contributed by atoms with Crippen LogP contribution in [0, 0.1) is 11.3 Å². The Morgan fingerprint density at radius 1 is 1.17 bits per heavy atom. The van der Waals surface area contributed by atoms with Crippen LogP contribution in [0.15, 0.2) is 54.7 Å². The molecule has 0 saturated heterocycles. The molecule has 23 heavy (non-hydrogen) atoms. The van der Waals surface area contributed by atoms with E-state index in [9.17, 15) is 10.4 Å². The first-order valence-corrected chi connectivity index (χ1v) is 7.60. The zero-order valence-corrected chi connectivity index (χ0v) is 12.7. The van der Waals surface area contributed by atoms with Gasteiger partial charge in [0.25, 0.3) is 0 Å². The molecule has 0 fully saturated rings. The van der Waals surface area contributed by atoms with Crippen molar-refractivity contribution in [3.63, 3.8) is 0 Å². The number of aromatic nitrogens is 2. The fourth-order valence-electron chi connectivity index (χ4n) is 2.71. The minimum Gasteiger partial charge on any atom is -0.396 e. The maximum Gasteiger partial charge on any atom is 0.168 e. The van der Waals surface area contributed by atoms with Crippen molar-refractivity contribution in [1.82, 2.24) is 9.38 Å². The Kier molecular flexibility index (Phi) is 4.55. The number of nitrogens with one attached hydrogen (secondary N) is 1. The number of nitrogens with zero attached hydrogens (tertiary/aromatic N) is 3. The second-order valence-corrected chi connectivity index (χ2v) is 5.35. The summed E-state index contributed by atoms with van der Waals surface area (Å²) >= 11 is 0. The molecular weight excluding hydrogens is 288 g/mol. The second kappa shape index (κ2) is 6.95. The zero-order valence-electron chi connectivity index (χ0n) is 12.7. The Morgan fingerprint density at radius 3 is 2.70 bits per heavy atom. The van der Waals surface area contributed by atoms with Crippen molar-refractivity contribution in [2.75, 3.05) is 18.5 Å². The van der Waals surface area contributed by atoms with Crippen LogP contribution in [-0.2, 0) is 0 Å². The van der Waals surface area contributed by atoms with Crippen molar-refractivity contribution in [2.24, 2.45) is 0 Å². The van der Waals surface area contributed by atoms with Crippen LogP contribution in [0.25, 0.3) is 5.65 Å². The van der Waals surface area contributed by atoms with Crippen LogP contribution in [-0.4, -0.2) is 27.6 Å². The summed E-state index contributed by atoms with van der Waals surface area (Å²) in [5.41, 5.74) is 2.40. The molecule has 0 amide bonds. The average Bonchev–Trinajstić information content (AvgIpc) is 2.96. The summed E-state index contributed by atoms with van der Waals surface area (Å²) in [5.74, 6) is 0.745. The SMILES string of the molecule is N#Cc1c(NCC(CCO)c2ccccc2)nc2ccccn12. The number of aliphatic hydroxyl groups excluding tert-OH is 1. The Morgan fingerprint density at radius 2 is 1.96 bits per heavy atom. The molecular formula is C18H18N4O. The molecule has 0 radical (unpaired) electrons. The minimum absolute atomic E-state index is 0.123. The first-order chi connectivity index (χ1) is 11.3. The Labute approximate surface area is 134 Å². The fraction of sp³-hybridized carbons (Fsp3) is 0.222. The topological polar surface area (TPSA) is 73.3 Å². The maximum absolute atomic E-state index is 9.40. The van der Waals surface area contributed by atoms with Gasteiger partial charge in [0.2, 0.25) is 0 Å². The van der Waals surface area contributed by atoms with E-state index in [0.29, 0.717) is 24.5 Å². The molecule has 5 heteroatoms. The van der Waals surface area contributed by atoms with Gasteiger partial charge in [0.1, 0.15) is 11.7 Å². The van der Waals surface area contributed by atoms with Gasteiger partial charge in [0, 0.05) is 25.3 Å². The molecule has 0 spiro atoms. The van der Waals surface area contributed by atoms with Crippen LogP contribution in [0.3, 0.4) is 0 Å². The first-order valence-electron chi connectivity index (χ1n) is 7.60. The molecule has 2 heterocycles. The first kappa shape index (κ1) is 15.1. The number of hydrogen-bond donors (Lipinski definition) is 2. The summed E-state index contributed by atoms with van der Waals surface area (Å²) in [6.45, 7) is 0.737. The molecule has 3 rings (SSSR count). The van der Waals surface area contributed by atoms with Crippen molar-refractivity contribution in [1.29, 1.82) is 5.26 Å². The maximum atomic E-state index is 9.40. The predicted molar refractivity (Wildman–Crippen MR) is 89.3 cm³/mol. The van der Waals surface area contributed by atoms with E-state index in [0.717, 1.165) is 11.2 Å². The van der Waals surface area contributed by atoms with Gasteiger partial charge in [-0.1, -0.05) is 36.4 Å². The van der Waals surface area contributed by atoms with E-state index in [-0.39, 0.29) is 12.5 Å². The highest BCUT2D eigenvalue weighted by molar-refractivity contribution is 5.59. The number of aliphatic hydroxyl groups is 1. The van der Waals surface area contributed by atoms with Crippen molar-refractivity contribution < 1.29 is 5.11 Å². The molecule has 1 unspecified atom stereocenters. The number of fused-ring (bicyclic) bond motifs is 1. The van der Waals surface area contributed by atoms with Crippen molar-refractivity contribution in [2.45, 2.75) is 12.3 Å². The Bertz CT molecular complexity index is 820. The molecule has 0 aliphatic carbocycles. The summed E-state index contributed by atoms with van der Waals surface area (Å²) in [7, 11) is 0. The van der Waals surface area contributed by atoms with Gasteiger partial charge < -0.3 is 10.4 Å². The quantitative estimate of drug-likeness (QED) is 0.734. The highest BCUT2D eigenvalue weighted by Crippen LogP contribution is 2.22. The lowest BCUT2D eigenvalue weighted by Crippen LogP contribution is -2.15. The molecule has 116 valence electrons. The molecule has 3 aromatic rings. The lowest BCUT2D eigenvalue weighted by atomic mass is 9.96. The van der Waals surface area contributed by atoms with Gasteiger partial charge in [-0.3, -0.25) is 4.40 Å². The summed E-state index contributed by atoms with van der Waals surface area (Å²) in [4.78, 5) is 4.48. The number of imidazole rings is 1. The largest absolute Gasteiger partial charge is 0.396 e. The third kappa shape index (κ3) is 3.17. The molecule has 1 aromatic carbocycles. The molecule has 0 aliphatic rings. The monoisotopic (exact) mass is 306 g/mol. The van der Waals surface area contributed by atoms with E-state index in [1.807, 2.05) is 42.6 Å². The number of rotatable bonds is 6. The van der Waals surface area contributed by atoms with Gasteiger partial charge in [-0.25, -0.2) is 4.98 Å². The normalized spacial score (nSPS) is 12.0. The van der Waals surface area contributed by atoms with Crippen LogP contribution in [0.2, 0.25) is 0 Å². The molecule has 1 atom stereocenters. The van der Waals surface area contributed by atoms with E-state index in [4.69, 9.17) is 0 Å². The second-order valence-electron chi connectivity index (χ2n) is 5.35. The van der Waals surface area contributed by atoms with E-state index < -0.39 is 0 Å². The van der Waals surface area contributed by atoms with Gasteiger partial charge >= 0.3 is 0 Å². The molecule has 0 saturated carbocycles. The standard InChI is InChI=1S/C18H18N4O/c19-12-16-18(21-17-8-4-5-10-22(16)17)20-13-15(9-11-23)14-6-2-1-3-7-14/h1-8,10,15,20,23H,9,11,13H2. The number of pyridine rings is 1. The van der Waals surface area contributed by atoms with Gasteiger partial charge in [-0.05, 0) is 24.1 Å². The third-order valence-electron chi connectivity index (χ3n) is 3.90. The minimum atomic E-state index is 0.123. The lowest BCUT2D eigenvalue weighted by Gasteiger charge is -2.17. The molecule has 2 N–H and O–H groups in total.